The van der Waals surface area contributed by atoms with Crippen molar-refractivity contribution >= 4 is 0 Å². The van der Waals surface area contributed by atoms with Crippen molar-refractivity contribution in [1.82, 2.24) is 5.32 Å². The van der Waals surface area contributed by atoms with Crippen LogP contribution in [0.1, 0.15) is 66.7 Å². The molecular formula is C17H35NO2. The van der Waals surface area contributed by atoms with E-state index < -0.39 is 0 Å². The second kappa shape index (κ2) is 8.35. The molecule has 1 aliphatic rings. The maximum Gasteiger partial charge on any atom is 0.0807 e. The van der Waals surface area contributed by atoms with E-state index in [1.165, 1.54) is 32.1 Å². The molecule has 3 nitrogen and oxygen atoms in total. The second-order valence-corrected chi connectivity index (χ2v) is 7.66. The fourth-order valence-electron chi connectivity index (χ4n) is 2.63. The van der Waals surface area contributed by atoms with Crippen LogP contribution in [0.2, 0.25) is 0 Å². The highest BCUT2D eigenvalue weighted by Crippen LogP contribution is 2.31. The first-order valence-corrected chi connectivity index (χ1v) is 8.30. The number of hydrogen-bond donors (Lipinski definition) is 1. The average Bonchev–Trinajstić information content (AvgIpc) is 2.36. The van der Waals surface area contributed by atoms with Gasteiger partial charge in [0.15, 0.2) is 0 Å². The molecule has 120 valence electrons. The first-order chi connectivity index (χ1) is 9.33. The zero-order valence-corrected chi connectivity index (χ0v) is 14.3. The van der Waals surface area contributed by atoms with E-state index in [0.29, 0.717) is 5.92 Å². The zero-order valence-electron chi connectivity index (χ0n) is 14.3. The van der Waals surface area contributed by atoms with E-state index >= 15 is 0 Å². The van der Waals surface area contributed by atoms with E-state index in [2.05, 4.69) is 39.9 Å². The number of rotatable bonds is 8. The summed E-state index contributed by atoms with van der Waals surface area (Å²) in [6.07, 6.45) is 6.29. The van der Waals surface area contributed by atoms with E-state index in [1.54, 1.807) is 0 Å². The lowest BCUT2D eigenvalue weighted by Crippen LogP contribution is -2.50. The van der Waals surface area contributed by atoms with Crippen molar-refractivity contribution in [2.45, 2.75) is 77.9 Å². The van der Waals surface area contributed by atoms with Crippen LogP contribution in [0, 0.1) is 5.92 Å². The summed E-state index contributed by atoms with van der Waals surface area (Å²) in [6.45, 7) is 14.2. The molecule has 0 aromatic heterocycles. The summed E-state index contributed by atoms with van der Waals surface area (Å²) in [5.41, 5.74) is 0.189. The van der Waals surface area contributed by atoms with E-state index in [9.17, 15) is 0 Å². The van der Waals surface area contributed by atoms with Gasteiger partial charge in [-0.25, -0.2) is 0 Å². The third-order valence-corrected chi connectivity index (χ3v) is 3.79. The van der Waals surface area contributed by atoms with Crippen LogP contribution in [0.4, 0.5) is 0 Å². The van der Waals surface area contributed by atoms with Crippen molar-refractivity contribution in [2.75, 3.05) is 26.4 Å². The van der Waals surface area contributed by atoms with Crippen LogP contribution in [0.25, 0.3) is 0 Å². The van der Waals surface area contributed by atoms with E-state index in [-0.39, 0.29) is 11.1 Å². The zero-order chi connectivity index (χ0) is 15.1. The van der Waals surface area contributed by atoms with E-state index in [0.717, 1.165) is 26.4 Å². The molecule has 1 rings (SSSR count). The minimum absolute atomic E-state index is 0.0344. The minimum Gasteiger partial charge on any atom is -0.379 e. The smallest absolute Gasteiger partial charge is 0.0807 e. The van der Waals surface area contributed by atoms with Gasteiger partial charge in [-0.3, -0.25) is 0 Å². The summed E-state index contributed by atoms with van der Waals surface area (Å²) in [6, 6.07) is 0. The molecule has 0 radical (unpaired) electrons. The van der Waals surface area contributed by atoms with Crippen molar-refractivity contribution in [3.63, 3.8) is 0 Å². The Morgan fingerprint density at radius 3 is 2.25 bits per heavy atom. The Bertz CT molecular complexity index is 252. The van der Waals surface area contributed by atoms with Gasteiger partial charge in [-0.2, -0.15) is 0 Å². The largest absolute Gasteiger partial charge is 0.379 e. The molecule has 0 aromatic carbocycles. The normalized spacial score (nSPS) is 19.5. The first kappa shape index (κ1) is 17.9. The van der Waals surface area contributed by atoms with Crippen LogP contribution < -0.4 is 5.32 Å². The molecule has 1 N–H and O–H groups in total. The maximum atomic E-state index is 6.26. The molecule has 0 heterocycles. The molecule has 0 saturated heterocycles. The van der Waals surface area contributed by atoms with Gasteiger partial charge >= 0.3 is 0 Å². The third kappa shape index (κ3) is 7.61. The number of ether oxygens (including phenoxy) is 2. The molecule has 0 amide bonds. The van der Waals surface area contributed by atoms with Gasteiger partial charge in [0, 0.05) is 18.7 Å². The van der Waals surface area contributed by atoms with Crippen molar-refractivity contribution in [1.29, 1.82) is 0 Å². The Morgan fingerprint density at radius 1 is 1.05 bits per heavy atom. The summed E-state index contributed by atoms with van der Waals surface area (Å²) in [7, 11) is 0. The first-order valence-electron chi connectivity index (χ1n) is 8.30. The molecule has 0 unspecified atom stereocenters. The Balaban J connectivity index is 2.35. The van der Waals surface area contributed by atoms with Crippen LogP contribution in [0.15, 0.2) is 0 Å². The molecule has 0 bridgehead atoms. The topological polar surface area (TPSA) is 30.5 Å². The second-order valence-electron chi connectivity index (χ2n) is 7.66. The molecule has 0 atom stereocenters. The van der Waals surface area contributed by atoms with Gasteiger partial charge in [0.2, 0.25) is 0 Å². The van der Waals surface area contributed by atoms with Gasteiger partial charge in [-0.1, -0.05) is 33.1 Å². The number of nitrogens with one attached hydrogen (secondary N) is 1. The van der Waals surface area contributed by atoms with Gasteiger partial charge < -0.3 is 14.8 Å². The molecular weight excluding hydrogens is 250 g/mol. The van der Waals surface area contributed by atoms with Crippen LogP contribution in [0.5, 0.6) is 0 Å². The lowest BCUT2D eigenvalue weighted by atomic mass is 9.84. The molecule has 0 aromatic rings. The van der Waals surface area contributed by atoms with Gasteiger partial charge in [-0.05, 0) is 39.5 Å². The summed E-state index contributed by atoms with van der Waals surface area (Å²) >= 11 is 0. The van der Waals surface area contributed by atoms with E-state index in [4.69, 9.17) is 9.47 Å². The predicted molar refractivity (Wildman–Crippen MR) is 85.2 cm³/mol. The Labute approximate surface area is 125 Å². The summed E-state index contributed by atoms with van der Waals surface area (Å²) < 4.78 is 11.9. The van der Waals surface area contributed by atoms with Crippen LogP contribution in [-0.4, -0.2) is 37.5 Å². The molecule has 0 aliphatic heterocycles. The Kier molecular flexibility index (Phi) is 7.49. The van der Waals surface area contributed by atoms with Crippen LogP contribution >= 0.6 is 0 Å². The summed E-state index contributed by atoms with van der Waals surface area (Å²) in [5.74, 6) is 0.598. The van der Waals surface area contributed by atoms with Crippen molar-refractivity contribution in [3.05, 3.63) is 0 Å². The van der Waals surface area contributed by atoms with Crippen molar-refractivity contribution in [3.8, 4) is 0 Å². The highest BCUT2D eigenvalue weighted by atomic mass is 16.5. The minimum atomic E-state index is 0.0344. The van der Waals surface area contributed by atoms with Crippen molar-refractivity contribution in [2.24, 2.45) is 5.92 Å². The fraction of sp³-hybridized carbons (Fsp3) is 1.00. The molecule has 1 fully saturated rings. The average molecular weight is 285 g/mol. The third-order valence-electron chi connectivity index (χ3n) is 3.79. The summed E-state index contributed by atoms with van der Waals surface area (Å²) in [4.78, 5) is 0. The predicted octanol–water partition coefficient (Wildman–Crippen LogP) is 3.77. The van der Waals surface area contributed by atoms with E-state index in [1.807, 2.05) is 0 Å². The quantitative estimate of drug-likeness (QED) is 0.689. The van der Waals surface area contributed by atoms with Gasteiger partial charge in [0.05, 0.1) is 18.8 Å². The lowest BCUT2D eigenvalue weighted by molar-refractivity contribution is -0.0898. The van der Waals surface area contributed by atoms with Crippen LogP contribution in [0.3, 0.4) is 0 Å². The van der Waals surface area contributed by atoms with Gasteiger partial charge in [0.1, 0.15) is 0 Å². The molecule has 1 saturated carbocycles. The molecule has 20 heavy (non-hydrogen) atoms. The highest BCUT2D eigenvalue weighted by Gasteiger charge is 2.33. The van der Waals surface area contributed by atoms with Gasteiger partial charge in [0.25, 0.3) is 0 Å². The lowest BCUT2D eigenvalue weighted by Gasteiger charge is -2.39. The number of hydrogen-bond acceptors (Lipinski definition) is 3. The highest BCUT2D eigenvalue weighted by molar-refractivity contribution is 4.89. The fourth-order valence-corrected chi connectivity index (χ4v) is 2.63. The molecule has 0 spiro atoms. The standard InChI is InChI=1S/C17H35NO2/c1-15(2)13-19-11-12-20-17(9-7-6-8-10-17)14-18-16(3,4)5/h15,18H,6-14H2,1-5H3. The SMILES string of the molecule is CC(C)COCCOC1(CNC(C)(C)C)CCCCC1. The maximum absolute atomic E-state index is 6.26. The summed E-state index contributed by atoms with van der Waals surface area (Å²) in [5, 5.41) is 3.63. The monoisotopic (exact) mass is 285 g/mol. The molecule has 3 heteroatoms. The van der Waals surface area contributed by atoms with Crippen molar-refractivity contribution < 1.29 is 9.47 Å². The van der Waals surface area contributed by atoms with Crippen LogP contribution in [-0.2, 0) is 9.47 Å². The Hall–Kier alpha value is -0.120. The van der Waals surface area contributed by atoms with Gasteiger partial charge in [-0.15, -0.1) is 0 Å². The molecule has 1 aliphatic carbocycles. The Morgan fingerprint density at radius 2 is 1.70 bits per heavy atom.